The Balaban J connectivity index is 5.22. The maximum atomic E-state index is 13.1. The van der Waals surface area contributed by atoms with Crippen molar-refractivity contribution in [1.82, 2.24) is 0 Å². The Kier molecular flexibility index (Phi) is 72.5. The molecule has 0 amide bonds. The van der Waals surface area contributed by atoms with E-state index in [0.717, 1.165) is 95.8 Å². The van der Waals surface area contributed by atoms with Gasteiger partial charge in [-0.3, -0.25) is 37.3 Å². The van der Waals surface area contributed by atoms with E-state index in [1.54, 1.807) is 0 Å². The third-order valence-corrected chi connectivity index (χ3v) is 20.9. The van der Waals surface area contributed by atoms with Gasteiger partial charge in [-0.05, 0) is 31.6 Å². The molecule has 0 heterocycles. The molecule has 0 bridgehead atoms. The van der Waals surface area contributed by atoms with Crippen LogP contribution in [0.5, 0.6) is 0 Å². The Morgan fingerprint density at radius 2 is 0.460 bits per heavy atom. The van der Waals surface area contributed by atoms with Gasteiger partial charge >= 0.3 is 39.5 Å². The van der Waals surface area contributed by atoms with Gasteiger partial charge in [-0.15, -0.1) is 0 Å². The summed E-state index contributed by atoms with van der Waals surface area (Å²) in [6.07, 6.45) is 65.1. The van der Waals surface area contributed by atoms with E-state index in [1.807, 2.05) is 0 Å². The van der Waals surface area contributed by atoms with E-state index in [9.17, 15) is 43.2 Å². The molecule has 0 saturated heterocycles. The zero-order chi connectivity index (χ0) is 73.4. The largest absolute Gasteiger partial charge is 0.472 e. The van der Waals surface area contributed by atoms with Gasteiger partial charge in [-0.2, -0.15) is 0 Å². The van der Waals surface area contributed by atoms with Crippen molar-refractivity contribution in [1.29, 1.82) is 0 Å². The van der Waals surface area contributed by atoms with Crippen LogP contribution in [0.1, 0.15) is 433 Å². The molecule has 0 aliphatic carbocycles. The Hall–Kier alpha value is -1.94. The maximum Gasteiger partial charge on any atom is 0.472 e. The predicted molar refractivity (Wildman–Crippen MR) is 409 cm³/mol. The fourth-order valence-corrected chi connectivity index (χ4v) is 14.2. The molecule has 0 spiro atoms. The Morgan fingerprint density at radius 3 is 0.680 bits per heavy atom. The van der Waals surface area contributed by atoms with Crippen molar-refractivity contribution in [2.45, 2.75) is 451 Å². The van der Waals surface area contributed by atoms with Crippen molar-refractivity contribution in [2.75, 3.05) is 39.6 Å². The molecule has 0 aliphatic rings. The van der Waals surface area contributed by atoms with Crippen molar-refractivity contribution in [3.8, 4) is 0 Å². The van der Waals surface area contributed by atoms with Gasteiger partial charge in [0.1, 0.15) is 19.3 Å². The normalized spacial score (nSPS) is 13.8. The number of aliphatic hydroxyl groups excluding tert-OH is 1. The molecule has 0 aliphatic heterocycles. The molecule has 0 aromatic heterocycles. The minimum atomic E-state index is -4.96. The number of rotatable bonds is 81. The van der Waals surface area contributed by atoms with E-state index in [2.05, 4.69) is 34.6 Å². The average molecular weight is 1470 g/mol. The monoisotopic (exact) mass is 1470 g/mol. The van der Waals surface area contributed by atoms with Crippen molar-refractivity contribution >= 4 is 39.5 Å². The van der Waals surface area contributed by atoms with Crippen LogP contribution < -0.4 is 0 Å². The predicted octanol–water partition coefficient (Wildman–Crippen LogP) is 24.4. The first-order valence-electron chi connectivity index (χ1n) is 42.1. The molecule has 19 heteroatoms. The van der Waals surface area contributed by atoms with Crippen LogP contribution in [0.25, 0.3) is 0 Å². The third-order valence-electron chi connectivity index (χ3n) is 19.0. The van der Waals surface area contributed by atoms with Crippen LogP contribution in [0.3, 0.4) is 0 Å². The second-order valence-corrected chi connectivity index (χ2v) is 32.5. The molecular weight excluding hydrogens is 1310 g/mol. The van der Waals surface area contributed by atoms with Crippen molar-refractivity contribution in [3.05, 3.63) is 0 Å². The lowest BCUT2D eigenvalue weighted by Gasteiger charge is -2.21. The summed E-state index contributed by atoms with van der Waals surface area (Å²) in [7, 11) is -9.92. The number of phosphoric ester groups is 2. The maximum absolute atomic E-state index is 13.1. The highest BCUT2D eigenvalue weighted by Gasteiger charge is 2.30. The number of aliphatic hydroxyl groups is 1. The standard InChI is InChI=1S/C81H158O17P2/c1-6-9-12-15-18-21-24-27-28-29-30-31-32-33-34-36-41-47-52-57-62-67-81(86)98-77(71-92-79(84)65-60-55-50-45-42-37-38-43-48-53-58-63-74(4)5)73-96-100(89,90)94-69-75(82)68-93-99(87,88)95-72-76(70-91-78(83)64-59-54-49-44-39-26-23-20-17-14-11-8-3)97-80(85)66-61-56-51-46-40-35-25-22-19-16-13-10-7-2/h74-77,82H,6-73H2,1-5H3,(H,87,88)(H,89,90)/t75-,76+,77+/m0/s1. The number of unbranched alkanes of at least 4 members (excludes halogenated alkanes) is 53. The van der Waals surface area contributed by atoms with Crippen LogP contribution in [-0.4, -0.2) is 96.7 Å². The average Bonchev–Trinajstić information content (AvgIpc) is 0.927. The van der Waals surface area contributed by atoms with Crippen LogP contribution in [-0.2, 0) is 65.4 Å². The summed E-state index contributed by atoms with van der Waals surface area (Å²) >= 11 is 0. The molecule has 594 valence electrons. The Labute approximate surface area is 613 Å². The molecule has 5 atom stereocenters. The van der Waals surface area contributed by atoms with E-state index >= 15 is 0 Å². The van der Waals surface area contributed by atoms with Gasteiger partial charge in [-0.25, -0.2) is 9.13 Å². The number of hydrogen-bond acceptors (Lipinski definition) is 15. The van der Waals surface area contributed by atoms with E-state index in [-0.39, 0.29) is 25.7 Å². The number of ether oxygens (including phenoxy) is 4. The van der Waals surface area contributed by atoms with Crippen molar-refractivity contribution in [2.24, 2.45) is 5.92 Å². The van der Waals surface area contributed by atoms with Crippen LogP contribution in [0, 0.1) is 5.92 Å². The van der Waals surface area contributed by atoms with Gasteiger partial charge in [0.2, 0.25) is 0 Å². The van der Waals surface area contributed by atoms with Crippen molar-refractivity contribution in [3.63, 3.8) is 0 Å². The SMILES string of the molecule is CCCCCCCCCCCCCCCCCCCCCCCC(=O)O[C@H](COC(=O)CCCCCCCCCCCCCC(C)C)COP(=O)(O)OC[C@@H](O)COP(=O)(O)OC[C@@H](COC(=O)CCCCCCCCCCCCCC)OC(=O)CCCCCCCCCCCCCCC. The summed E-state index contributed by atoms with van der Waals surface area (Å²) in [4.78, 5) is 73.0. The molecule has 0 saturated carbocycles. The summed E-state index contributed by atoms with van der Waals surface area (Å²) in [6, 6.07) is 0. The number of phosphoric acid groups is 2. The summed E-state index contributed by atoms with van der Waals surface area (Å²) in [5.74, 6) is -1.33. The van der Waals surface area contributed by atoms with Gasteiger partial charge in [0.25, 0.3) is 0 Å². The topological polar surface area (TPSA) is 237 Å². The van der Waals surface area contributed by atoms with E-state index in [4.69, 9.17) is 37.0 Å². The molecule has 0 aromatic carbocycles. The van der Waals surface area contributed by atoms with Crippen LogP contribution in [0.15, 0.2) is 0 Å². The first-order valence-corrected chi connectivity index (χ1v) is 45.1. The highest BCUT2D eigenvalue weighted by Crippen LogP contribution is 2.45. The molecule has 0 fully saturated rings. The van der Waals surface area contributed by atoms with Crippen LogP contribution in [0.2, 0.25) is 0 Å². The number of carbonyl (C=O) groups excluding carboxylic acids is 4. The van der Waals surface area contributed by atoms with Crippen molar-refractivity contribution < 1.29 is 80.2 Å². The minimum Gasteiger partial charge on any atom is -0.462 e. The van der Waals surface area contributed by atoms with E-state index in [0.29, 0.717) is 25.7 Å². The highest BCUT2D eigenvalue weighted by molar-refractivity contribution is 7.47. The fraction of sp³-hybridized carbons (Fsp3) is 0.951. The molecular formula is C81H158O17P2. The number of hydrogen-bond donors (Lipinski definition) is 3. The number of esters is 4. The lowest BCUT2D eigenvalue weighted by atomic mass is 10.0. The molecule has 2 unspecified atom stereocenters. The smallest absolute Gasteiger partial charge is 0.462 e. The zero-order valence-corrected chi connectivity index (χ0v) is 67.1. The Bertz CT molecular complexity index is 1910. The molecule has 0 rings (SSSR count). The minimum absolute atomic E-state index is 0.108. The van der Waals surface area contributed by atoms with Gasteiger partial charge in [-0.1, -0.05) is 381 Å². The van der Waals surface area contributed by atoms with Gasteiger partial charge in [0, 0.05) is 25.7 Å². The second kappa shape index (κ2) is 73.9. The fourth-order valence-electron chi connectivity index (χ4n) is 12.6. The summed E-state index contributed by atoms with van der Waals surface area (Å²) in [6.45, 7) is 7.34. The highest BCUT2D eigenvalue weighted by atomic mass is 31.2. The summed E-state index contributed by atoms with van der Waals surface area (Å²) in [5.41, 5.74) is 0. The molecule has 0 aromatic rings. The first-order chi connectivity index (χ1) is 48.5. The van der Waals surface area contributed by atoms with Gasteiger partial charge in [0.05, 0.1) is 26.4 Å². The van der Waals surface area contributed by atoms with E-state index in [1.165, 1.54) is 257 Å². The van der Waals surface area contributed by atoms with Gasteiger partial charge < -0.3 is 33.8 Å². The lowest BCUT2D eigenvalue weighted by Crippen LogP contribution is -2.30. The lowest BCUT2D eigenvalue weighted by molar-refractivity contribution is -0.161. The molecule has 3 N–H and O–H groups in total. The zero-order valence-electron chi connectivity index (χ0n) is 65.3. The molecule has 100 heavy (non-hydrogen) atoms. The number of carbonyl (C=O) groups is 4. The summed E-state index contributed by atoms with van der Waals surface area (Å²) < 4.78 is 68.7. The van der Waals surface area contributed by atoms with Gasteiger partial charge in [0.15, 0.2) is 12.2 Å². The molecule has 0 radical (unpaired) electrons. The second-order valence-electron chi connectivity index (χ2n) is 29.6. The quantitative estimate of drug-likeness (QED) is 0.0222. The first kappa shape index (κ1) is 98.1. The van der Waals surface area contributed by atoms with Crippen LogP contribution >= 0.6 is 15.6 Å². The Morgan fingerprint density at radius 1 is 0.270 bits per heavy atom. The van der Waals surface area contributed by atoms with E-state index < -0.39 is 97.5 Å². The summed E-state index contributed by atoms with van der Waals surface area (Å²) in [5, 5.41) is 10.6. The van der Waals surface area contributed by atoms with Crippen LogP contribution in [0.4, 0.5) is 0 Å². The molecule has 17 nitrogen and oxygen atoms in total. The third kappa shape index (κ3) is 74.3.